The van der Waals surface area contributed by atoms with E-state index in [4.69, 9.17) is 4.74 Å². The Labute approximate surface area is 111 Å². The lowest BCUT2D eigenvalue weighted by molar-refractivity contribution is 0.414. The van der Waals surface area contributed by atoms with Crippen molar-refractivity contribution in [2.24, 2.45) is 0 Å². The molecule has 2 rings (SSSR count). The van der Waals surface area contributed by atoms with Crippen LogP contribution in [-0.2, 0) is 0 Å². The molecule has 0 saturated heterocycles. The zero-order valence-corrected chi connectivity index (χ0v) is 11.7. The fourth-order valence-corrected chi connectivity index (χ4v) is 2.53. The molecule has 0 amide bonds. The molecule has 2 heterocycles. The average molecular weight is 263 g/mol. The number of methoxy groups -OCH3 is 1. The van der Waals surface area contributed by atoms with Gasteiger partial charge in [-0.2, -0.15) is 0 Å². The number of anilines is 1. The first-order valence-corrected chi connectivity index (χ1v) is 6.77. The third kappa shape index (κ3) is 2.61. The standard InChI is InChI=1S/C13H17N3OS/c1-4-7-14-13-12(17-3)11(15-8-16-13)10-6-5-9(2)18-10/h5-6,8H,4,7H2,1-3H3,(H,14,15,16). The van der Waals surface area contributed by atoms with Crippen LogP contribution in [0.4, 0.5) is 5.82 Å². The summed E-state index contributed by atoms with van der Waals surface area (Å²) in [6.45, 7) is 5.07. The number of aromatic nitrogens is 2. The SMILES string of the molecule is CCCNc1ncnc(-c2ccc(C)s2)c1OC. The van der Waals surface area contributed by atoms with E-state index in [1.807, 2.05) is 0 Å². The lowest BCUT2D eigenvalue weighted by Gasteiger charge is -2.11. The molecule has 2 aromatic heterocycles. The van der Waals surface area contributed by atoms with E-state index < -0.39 is 0 Å². The molecule has 4 nitrogen and oxygen atoms in total. The molecule has 0 atom stereocenters. The van der Waals surface area contributed by atoms with Gasteiger partial charge in [-0.05, 0) is 25.5 Å². The van der Waals surface area contributed by atoms with Crippen molar-refractivity contribution in [2.45, 2.75) is 20.3 Å². The quantitative estimate of drug-likeness (QED) is 0.898. The van der Waals surface area contributed by atoms with E-state index in [0.29, 0.717) is 5.75 Å². The summed E-state index contributed by atoms with van der Waals surface area (Å²) in [5.41, 5.74) is 0.851. The maximum absolute atomic E-state index is 5.46. The van der Waals surface area contributed by atoms with Crippen molar-refractivity contribution in [3.05, 3.63) is 23.3 Å². The molecule has 96 valence electrons. The number of rotatable bonds is 5. The second-order valence-electron chi connectivity index (χ2n) is 3.94. The van der Waals surface area contributed by atoms with E-state index in [1.165, 1.54) is 4.88 Å². The molecule has 0 spiro atoms. The molecule has 0 aliphatic heterocycles. The summed E-state index contributed by atoms with van der Waals surface area (Å²) in [5, 5.41) is 3.26. The topological polar surface area (TPSA) is 47.0 Å². The summed E-state index contributed by atoms with van der Waals surface area (Å²) in [5.74, 6) is 1.48. The predicted octanol–water partition coefficient (Wildman–Crippen LogP) is 3.34. The Balaban J connectivity index is 2.41. The summed E-state index contributed by atoms with van der Waals surface area (Å²) in [6, 6.07) is 4.15. The fraction of sp³-hybridized carbons (Fsp3) is 0.385. The fourth-order valence-electron chi connectivity index (χ4n) is 1.67. The Morgan fingerprint density at radius 3 is 2.78 bits per heavy atom. The second-order valence-corrected chi connectivity index (χ2v) is 5.23. The summed E-state index contributed by atoms with van der Waals surface area (Å²) < 4.78 is 5.46. The zero-order valence-electron chi connectivity index (χ0n) is 10.9. The molecule has 5 heteroatoms. The van der Waals surface area contributed by atoms with Crippen molar-refractivity contribution >= 4 is 17.2 Å². The maximum Gasteiger partial charge on any atom is 0.188 e. The molecule has 0 aliphatic rings. The number of hydrogen-bond acceptors (Lipinski definition) is 5. The molecule has 0 unspecified atom stereocenters. The van der Waals surface area contributed by atoms with E-state index in [-0.39, 0.29) is 0 Å². The number of aryl methyl sites for hydroxylation is 1. The van der Waals surface area contributed by atoms with Crippen LogP contribution >= 0.6 is 11.3 Å². The zero-order chi connectivity index (χ0) is 13.0. The Morgan fingerprint density at radius 2 is 2.17 bits per heavy atom. The first-order chi connectivity index (χ1) is 8.76. The molecule has 18 heavy (non-hydrogen) atoms. The first kappa shape index (κ1) is 12.8. The molecular weight excluding hydrogens is 246 g/mol. The van der Waals surface area contributed by atoms with Gasteiger partial charge in [0.1, 0.15) is 12.0 Å². The van der Waals surface area contributed by atoms with Crippen molar-refractivity contribution in [3.8, 4) is 16.3 Å². The molecule has 0 saturated carbocycles. The second kappa shape index (κ2) is 5.82. The Kier molecular flexibility index (Phi) is 4.15. The van der Waals surface area contributed by atoms with Gasteiger partial charge >= 0.3 is 0 Å². The van der Waals surface area contributed by atoms with Crippen molar-refractivity contribution in [2.75, 3.05) is 19.0 Å². The number of nitrogens with zero attached hydrogens (tertiary/aromatic N) is 2. The van der Waals surface area contributed by atoms with Crippen LogP contribution in [-0.4, -0.2) is 23.6 Å². The summed E-state index contributed by atoms with van der Waals surface area (Å²) >= 11 is 1.70. The summed E-state index contributed by atoms with van der Waals surface area (Å²) in [6.07, 6.45) is 2.62. The highest BCUT2D eigenvalue weighted by molar-refractivity contribution is 7.15. The van der Waals surface area contributed by atoms with Crippen LogP contribution in [0.2, 0.25) is 0 Å². The van der Waals surface area contributed by atoms with E-state index >= 15 is 0 Å². The van der Waals surface area contributed by atoms with Crippen molar-refractivity contribution in [1.29, 1.82) is 0 Å². The van der Waals surface area contributed by atoms with Gasteiger partial charge in [0, 0.05) is 11.4 Å². The highest BCUT2D eigenvalue weighted by Crippen LogP contribution is 2.36. The first-order valence-electron chi connectivity index (χ1n) is 5.96. The third-order valence-electron chi connectivity index (χ3n) is 2.52. The normalized spacial score (nSPS) is 10.4. The van der Waals surface area contributed by atoms with Crippen LogP contribution in [0.5, 0.6) is 5.75 Å². The number of nitrogens with one attached hydrogen (secondary N) is 1. The van der Waals surface area contributed by atoms with Crippen molar-refractivity contribution in [1.82, 2.24) is 9.97 Å². The Morgan fingerprint density at radius 1 is 1.33 bits per heavy atom. The van der Waals surface area contributed by atoms with Gasteiger partial charge in [0.05, 0.1) is 12.0 Å². The van der Waals surface area contributed by atoms with Gasteiger partial charge in [-0.25, -0.2) is 9.97 Å². The molecule has 0 bridgehead atoms. The Bertz CT molecular complexity index is 525. The number of thiophene rings is 1. The molecule has 0 aliphatic carbocycles. The third-order valence-corrected chi connectivity index (χ3v) is 3.53. The van der Waals surface area contributed by atoms with Gasteiger partial charge in [-0.3, -0.25) is 0 Å². The predicted molar refractivity (Wildman–Crippen MR) is 75.4 cm³/mol. The number of hydrogen-bond donors (Lipinski definition) is 1. The average Bonchev–Trinajstić information content (AvgIpc) is 2.82. The maximum atomic E-state index is 5.46. The number of ether oxygens (including phenoxy) is 1. The summed E-state index contributed by atoms with van der Waals surface area (Å²) in [4.78, 5) is 10.9. The van der Waals surface area contributed by atoms with Gasteiger partial charge in [0.15, 0.2) is 11.6 Å². The van der Waals surface area contributed by atoms with Crippen LogP contribution in [0.15, 0.2) is 18.5 Å². The van der Waals surface area contributed by atoms with Gasteiger partial charge in [0.25, 0.3) is 0 Å². The lowest BCUT2D eigenvalue weighted by atomic mass is 10.3. The van der Waals surface area contributed by atoms with Gasteiger partial charge in [0.2, 0.25) is 0 Å². The van der Waals surface area contributed by atoms with Crippen LogP contribution in [0.3, 0.4) is 0 Å². The van der Waals surface area contributed by atoms with Crippen LogP contribution in [0, 0.1) is 6.92 Å². The van der Waals surface area contributed by atoms with E-state index in [0.717, 1.165) is 29.4 Å². The highest BCUT2D eigenvalue weighted by Gasteiger charge is 2.14. The smallest absolute Gasteiger partial charge is 0.188 e. The minimum absolute atomic E-state index is 0.716. The molecule has 1 N–H and O–H groups in total. The van der Waals surface area contributed by atoms with Gasteiger partial charge < -0.3 is 10.1 Å². The largest absolute Gasteiger partial charge is 0.491 e. The van der Waals surface area contributed by atoms with Crippen molar-refractivity contribution in [3.63, 3.8) is 0 Å². The van der Waals surface area contributed by atoms with E-state index in [1.54, 1.807) is 24.8 Å². The highest BCUT2D eigenvalue weighted by atomic mass is 32.1. The van der Waals surface area contributed by atoms with Crippen LogP contribution in [0.1, 0.15) is 18.2 Å². The monoisotopic (exact) mass is 263 g/mol. The van der Waals surface area contributed by atoms with Crippen molar-refractivity contribution < 1.29 is 4.74 Å². The molecule has 0 aromatic carbocycles. The lowest BCUT2D eigenvalue weighted by Crippen LogP contribution is -2.05. The molecule has 2 aromatic rings. The molecular formula is C13H17N3OS. The molecule has 0 fully saturated rings. The minimum Gasteiger partial charge on any atom is -0.491 e. The minimum atomic E-state index is 0.716. The Hall–Kier alpha value is -1.62. The van der Waals surface area contributed by atoms with Crippen LogP contribution < -0.4 is 10.1 Å². The van der Waals surface area contributed by atoms with E-state index in [2.05, 4.69) is 41.3 Å². The van der Waals surface area contributed by atoms with E-state index in [9.17, 15) is 0 Å². The van der Waals surface area contributed by atoms with Crippen LogP contribution in [0.25, 0.3) is 10.6 Å². The summed E-state index contributed by atoms with van der Waals surface area (Å²) in [7, 11) is 1.65. The molecule has 0 radical (unpaired) electrons. The van der Waals surface area contributed by atoms with Gasteiger partial charge in [-0.1, -0.05) is 6.92 Å². The van der Waals surface area contributed by atoms with Gasteiger partial charge in [-0.15, -0.1) is 11.3 Å².